The SMILES string of the molecule is CCCCN(CCC)C(=O)C(=O)Nc1c(C)cccc1CC. The average Bonchev–Trinajstić information content (AvgIpc) is 2.52. The van der Waals surface area contributed by atoms with E-state index in [4.69, 9.17) is 0 Å². The van der Waals surface area contributed by atoms with Gasteiger partial charge in [0, 0.05) is 18.8 Å². The van der Waals surface area contributed by atoms with Crippen LogP contribution in [0, 0.1) is 6.92 Å². The predicted molar refractivity (Wildman–Crippen MR) is 91.0 cm³/mol. The molecule has 0 saturated carbocycles. The Morgan fingerprint density at radius 2 is 1.82 bits per heavy atom. The quantitative estimate of drug-likeness (QED) is 0.783. The van der Waals surface area contributed by atoms with Crippen molar-refractivity contribution in [2.75, 3.05) is 18.4 Å². The van der Waals surface area contributed by atoms with E-state index in [1.165, 1.54) is 0 Å². The molecule has 0 aliphatic carbocycles. The Hall–Kier alpha value is -1.84. The molecule has 0 aromatic heterocycles. The fourth-order valence-corrected chi connectivity index (χ4v) is 2.45. The first kappa shape index (κ1) is 18.2. The van der Waals surface area contributed by atoms with Crippen molar-refractivity contribution in [2.45, 2.75) is 53.4 Å². The highest BCUT2D eigenvalue weighted by Crippen LogP contribution is 2.21. The van der Waals surface area contributed by atoms with Crippen molar-refractivity contribution in [1.82, 2.24) is 4.90 Å². The molecule has 0 fully saturated rings. The van der Waals surface area contributed by atoms with Gasteiger partial charge in [-0.2, -0.15) is 0 Å². The fraction of sp³-hybridized carbons (Fsp3) is 0.556. The lowest BCUT2D eigenvalue weighted by Crippen LogP contribution is -2.41. The van der Waals surface area contributed by atoms with Gasteiger partial charge in [-0.15, -0.1) is 0 Å². The van der Waals surface area contributed by atoms with Crippen molar-refractivity contribution in [2.24, 2.45) is 0 Å². The Morgan fingerprint density at radius 1 is 1.09 bits per heavy atom. The Bertz CT molecular complexity index is 512. The van der Waals surface area contributed by atoms with Gasteiger partial charge in [-0.25, -0.2) is 0 Å². The van der Waals surface area contributed by atoms with Gasteiger partial charge in [0.15, 0.2) is 0 Å². The summed E-state index contributed by atoms with van der Waals surface area (Å²) < 4.78 is 0. The highest BCUT2D eigenvalue weighted by atomic mass is 16.2. The summed E-state index contributed by atoms with van der Waals surface area (Å²) in [6, 6.07) is 5.89. The van der Waals surface area contributed by atoms with Gasteiger partial charge in [-0.3, -0.25) is 9.59 Å². The highest BCUT2D eigenvalue weighted by molar-refractivity contribution is 6.39. The van der Waals surface area contributed by atoms with Crippen molar-refractivity contribution in [3.8, 4) is 0 Å². The molecule has 0 unspecified atom stereocenters. The van der Waals surface area contributed by atoms with Gasteiger partial charge in [-0.05, 0) is 37.3 Å². The molecule has 0 aliphatic rings. The average molecular weight is 304 g/mol. The number of amides is 2. The van der Waals surface area contributed by atoms with Gasteiger partial charge in [0.25, 0.3) is 0 Å². The van der Waals surface area contributed by atoms with E-state index >= 15 is 0 Å². The van der Waals surface area contributed by atoms with Crippen LogP contribution in [0.5, 0.6) is 0 Å². The monoisotopic (exact) mass is 304 g/mol. The zero-order valence-corrected chi connectivity index (χ0v) is 14.2. The first-order chi connectivity index (χ1) is 10.5. The second kappa shape index (κ2) is 9.23. The van der Waals surface area contributed by atoms with E-state index in [9.17, 15) is 9.59 Å². The van der Waals surface area contributed by atoms with Gasteiger partial charge < -0.3 is 10.2 Å². The lowest BCUT2D eigenvalue weighted by Gasteiger charge is -2.22. The predicted octanol–water partition coefficient (Wildman–Crippen LogP) is 3.53. The fourth-order valence-electron chi connectivity index (χ4n) is 2.45. The number of hydrogen-bond acceptors (Lipinski definition) is 2. The second-order valence-corrected chi connectivity index (χ2v) is 5.56. The van der Waals surface area contributed by atoms with Crippen LogP contribution in [-0.4, -0.2) is 29.8 Å². The van der Waals surface area contributed by atoms with Gasteiger partial charge in [0.05, 0.1) is 0 Å². The molecule has 1 aromatic rings. The maximum absolute atomic E-state index is 12.4. The molecule has 0 aliphatic heterocycles. The van der Waals surface area contributed by atoms with Crippen LogP contribution in [0.3, 0.4) is 0 Å². The molecule has 0 radical (unpaired) electrons. The summed E-state index contributed by atoms with van der Waals surface area (Å²) >= 11 is 0. The van der Waals surface area contributed by atoms with E-state index in [0.29, 0.717) is 13.1 Å². The number of hydrogen-bond donors (Lipinski definition) is 1. The zero-order chi connectivity index (χ0) is 16.5. The van der Waals surface area contributed by atoms with Crippen molar-refractivity contribution in [3.63, 3.8) is 0 Å². The third kappa shape index (κ3) is 4.86. The topological polar surface area (TPSA) is 49.4 Å². The first-order valence-corrected chi connectivity index (χ1v) is 8.23. The number of nitrogens with one attached hydrogen (secondary N) is 1. The van der Waals surface area contributed by atoms with Crippen LogP contribution < -0.4 is 5.32 Å². The van der Waals surface area contributed by atoms with Gasteiger partial charge in [0.1, 0.15) is 0 Å². The van der Waals surface area contributed by atoms with Gasteiger partial charge in [0.2, 0.25) is 0 Å². The molecular formula is C18H28N2O2. The molecule has 22 heavy (non-hydrogen) atoms. The molecule has 4 heteroatoms. The van der Waals surface area contributed by atoms with Crippen LogP contribution in [0.25, 0.3) is 0 Å². The molecule has 0 bridgehead atoms. The minimum absolute atomic E-state index is 0.430. The number of anilines is 1. The lowest BCUT2D eigenvalue weighted by atomic mass is 10.1. The molecule has 122 valence electrons. The minimum Gasteiger partial charge on any atom is -0.334 e. The molecule has 1 rings (SSSR count). The number of para-hydroxylation sites is 1. The van der Waals surface area contributed by atoms with Crippen LogP contribution in [0.1, 0.15) is 51.2 Å². The van der Waals surface area contributed by atoms with E-state index < -0.39 is 11.8 Å². The number of unbranched alkanes of at least 4 members (excludes halogenated alkanes) is 1. The van der Waals surface area contributed by atoms with E-state index in [0.717, 1.165) is 42.5 Å². The summed E-state index contributed by atoms with van der Waals surface area (Å²) in [5.74, 6) is -0.964. The maximum atomic E-state index is 12.4. The standard InChI is InChI=1S/C18H28N2O2/c1-5-8-13-20(12-6-2)18(22)17(21)19-16-14(4)10-9-11-15(16)7-3/h9-11H,5-8,12-13H2,1-4H3,(H,19,21). The molecule has 1 N–H and O–H groups in total. The number of carbonyl (C=O) groups is 2. The summed E-state index contributed by atoms with van der Waals surface area (Å²) in [7, 11) is 0. The minimum atomic E-state index is -0.534. The molecule has 2 amide bonds. The van der Waals surface area contributed by atoms with Crippen LogP contribution in [-0.2, 0) is 16.0 Å². The number of aryl methyl sites for hydroxylation is 2. The Morgan fingerprint density at radius 3 is 2.41 bits per heavy atom. The van der Waals surface area contributed by atoms with Crippen molar-refractivity contribution < 1.29 is 9.59 Å². The van der Waals surface area contributed by atoms with Crippen molar-refractivity contribution in [3.05, 3.63) is 29.3 Å². The summed E-state index contributed by atoms with van der Waals surface area (Å²) in [5, 5.41) is 2.81. The van der Waals surface area contributed by atoms with Crippen molar-refractivity contribution >= 4 is 17.5 Å². The molecule has 4 nitrogen and oxygen atoms in total. The van der Waals surface area contributed by atoms with Gasteiger partial charge in [-0.1, -0.05) is 45.4 Å². The normalized spacial score (nSPS) is 10.4. The number of rotatable bonds is 7. The Kier molecular flexibility index (Phi) is 7.64. The summed E-state index contributed by atoms with van der Waals surface area (Å²) in [4.78, 5) is 26.3. The largest absolute Gasteiger partial charge is 0.334 e. The Balaban J connectivity index is 2.84. The molecule has 0 saturated heterocycles. The summed E-state index contributed by atoms with van der Waals surface area (Å²) in [5.41, 5.74) is 2.81. The second-order valence-electron chi connectivity index (χ2n) is 5.56. The number of benzene rings is 1. The maximum Gasteiger partial charge on any atom is 0.313 e. The third-order valence-electron chi connectivity index (χ3n) is 3.74. The molecular weight excluding hydrogens is 276 g/mol. The molecule has 0 spiro atoms. The molecule has 1 aromatic carbocycles. The number of nitrogens with zero attached hydrogens (tertiary/aromatic N) is 1. The van der Waals surface area contributed by atoms with E-state index in [-0.39, 0.29) is 0 Å². The molecule has 0 heterocycles. The first-order valence-electron chi connectivity index (χ1n) is 8.23. The highest BCUT2D eigenvalue weighted by Gasteiger charge is 2.22. The molecule has 0 atom stereocenters. The number of carbonyl (C=O) groups excluding carboxylic acids is 2. The van der Waals surface area contributed by atoms with E-state index in [2.05, 4.69) is 12.2 Å². The third-order valence-corrected chi connectivity index (χ3v) is 3.74. The van der Waals surface area contributed by atoms with Gasteiger partial charge >= 0.3 is 11.8 Å². The van der Waals surface area contributed by atoms with Crippen LogP contribution in [0.4, 0.5) is 5.69 Å². The van der Waals surface area contributed by atoms with Crippen LogP contribution >= 0.6 is 0 Å². The van der Waals surface area contributed by atoms with E-state index in [1.54, 1.807) is 4.90 Å². The smallest absolute Gasteiger partial charge is 0.313 e. The van der Waals surface area contributed by atoms with Crippen LogP contribution in [0.15, 0.2) is 18.2 Å². The lowest BCUT2D eigenvalue weighted by molar-refractivity contribution is -0.143. The summed E-state index contributed by atoms with van der Waals surface area (Å²) in [6.07, 6.45) is 3.60. The van der Waals surface area contributed by atoms with E-state index in [1.807, 2.05) is 39.0 Å². The zero-order valence-electron chi connectivity index (χ0n) is 14.2. The van der Waals surface area contributed by atoms with Crippen molar-refractivity contribution in [1.29, 1.82) is 0 Å². The van der Waals surface area contributed by atoms with Crippen LogP contribution in [0.2, 0.25) is 0 Å². The summed E-state index contributed by atoms with van der Waals surface area (Å²) in [6.45, 7) is 9.35. The Labute approximate surface area is 133 Å².